The van der Waals surface area contributed by atoms with Crippen LogP contribution in [0, 0.1) is 27.7 Å². The van der Waals surface area contributed by atoms with Crippen molar-refractivity contribution in [2.45, 2.75) is 86.0 Å². The lowest BCUT2D eigenvalue weighted by atomic mass is 10.1. The summed E-state index contributed by atoms with van der Waals surface area (Å²) in [6, 6.07) is 46.8. The van der Waals surface area contributed by atoms with E-state index in [1.165, 1.54) is 114 Å². The van der Waals surface area contributed by atoms with Crippen molar-refractivity contribution in [1.29, 1.82) is 0 Å². The topological polar surface area (TPSA) is 53.7 Å². The molecule has 0 atom stereocenters. The van der Waals surface area contributed by atoms with E-state index in [0.29, 0.717) is 13.2 Å². The van der Waals surface area contributed by atoms with Gasteiger partial charge in [-0.05, 0) is 109 Å². The molecular formula is C60H65NO3S5. The van der Waals surface area contributed by atoms with Gasteiger partial charge < -0.3 is 19.9 Å². The molecule has 0 amide bonds. The van der Waals surface area contributed by atoms with Crippen LogP contribution in [0.5, 0.6) is 17.2 Å². The van der Waals surface area contributed by atoms with Crippen LogP contribution in [0.3, 0.4) is 0 Å². The van der Waals surface area contributed by atoms with Crippen molar-refractivity contribution in [3.05, 3.63) is 177 Å². The third kappa shape index (κ3) is 15.5. The smallest absolute Gasteiger partial charge is 0.179 e. The highest BCUT2D eigenvalue weighted by molar-refractivity contribution is 7.23. The average molecular weight is 1010 g/mol. The fourth-order valence-electron chi connectivity index (χ4n) is 7.55. The van der Waals surface area contributed by atoms with E-state index in [9.17, 15) is 0 Å². The summed E-state index contributed by atoms with van der Waals surface area (Å²) in [6.07, 6.45) is 10.6. The first-order valence-electron chi connectivity index (χ1n) is 24.1. The van der Waals surface area contributed by atoms with E-state index in [0.717, 1.165) is 40.8 Å². The maximum absolute atomic E-state index is 6.12. The summed E-state index contributed by atoms with van der Waals surface area (Å²) in [7, 11) is 0. The number of ether oxygens (including phenoxy) is 3. The predicted molar refractivity (Wildman–Crippen MR) is 305 cm³/mol. The second-order valence-electron chi connectivity index (χ2n) is 17.2. The van der Waals surface area contributed by atoms with E-state index in [1.807, 2.05) is 28.8 Å². The molecule has 0 saturated heterocycles. The predicted octanol–water partition coefficient (Wildman–Crippen LogP) is 19.5. The number of rotatable bonds is 15. The molecule has 358 valence electrons. The molecule has 2 N–H and O–H groups in total. The van der Waals surface area contributed by atoms with Gasteiger partial charge in [0, 0.05) is 36.1 Å². The van der Waals surface area contributed by atoms with Gasteiger partial charge in [0.25, 0.3) is 0 Å². The maximum Gasteiger partial charge on any atom is 0.179 e. The summed E-state index contributed by atoms with van der Waals surface area (Å²) in [5.74, 6) is 2.83. The van der Waals surface area contributed by atoms with Gasteiger partial charge in [0.15, 0.2) is 11.5 Å². The van der Waals surface area contributed by atoms with Crippen LogP contribution in [-0.2, 0) is 0 Å². The number of benzene rings is 4. The second-order valence-corrected chi connectivity index (χ2v) is 21.9. The molecule has 0 spiro atoms. The number of thiophene rings is 5. The van der Waals surface area contributed by atoms with Crippen molar-refractivity contribution in [1.82, 2.24) is 0 Å². The zero-order valence-electron chi connectivity index (χ0n) is 40.6. The summed E-state index contributed by atoms with van der Waals surface area (Å²) in [5.41, 5.74) is 16.7. The van der Waals surface area contributed by atoms with Gasteiger partial charge in [0.2, 0.25) is 0 Å². The van der Waals surface area contributed by atoms with Crippen molar-refractivity contribution in [2.24, 2.45) is 0 Å². The number of unbranched alkanes of at least 4 members (excludes halogenated alkanes) is 7. The Morgan fingerprint density at radius 2 is 0.986 bits per heavy atom. The maximum atomic E-state index is 6.12. The number of nitrogens with two attached hydrogens (primary N) is 1. The number of aryl methyl sites for hydroxylation is 4. The SMILES string of the molecule is CCCCCCCCCCOc1c(C)csc1-c1ccc(N)cc1.Cc1ccc(-c2ccc(-c3cccs3)s2)cc1.Cc1ccc(-c2cccs2)cc1.Cc1ccc(-c2scc3c2OCCO3)cc1. The number of fused-ring (bicyclic) bond motifs is 1. The molecule has 9 heteroatoms. The zero-order valence-corrected chi connectivity index (χ0v) is 44.7. The molecule has 4 nitrogen and oxygen atoms in total. The molecule has 9 aromatic rings. The summed E-state index contributed by atoms with van der Waals surface area (Å²) in [5, 5.41) is 8.42. The lowest BCUT2D eigenvalue weighted by Crippen LogP contribution is -2.14. The average Bonchev–Trinajstić information content (AvgIpc) is 4.25. The third-order valence-corrected chi connectivity index (χ3v) is 16.7. The fourth-order valence-corrected chi connectivity index (χ4v) is 12.1. The van der Waals surface area contributed by atoms with Gasteiger partial charge in [-0.15, -0.1) is 56.7 Å². The van der Waals surface area contributed by atoms with Crippen molar-refractivity contribution in [3.63, 3.8) is 0 Å². The molecule has 1 aliphatic heterocycles. The molecule has 0 saturated carbocycles. The molecular weight excluding hydrogens is 943 g/mol. The first-order valence-corrected chi connectivity index (χ1v) is 28.4. The van der Waals surface area contributed by atoms with Gasteiger partial charge in [-0.25, -0.2) is 0 Å². The number of anilines is 1. The summed E-state index contributed by atoms with van der Waals surface area (Å²) in [6.45, 7) is 12.8. The van der Waals surface area contributed by atoms with Gasteiger partial charge in [-0.3, -0.25) is 0 Å². The fraction of sp³-hybridized carbons (Fsp3) is 0.267. The molecule has 4 aromatic carbocycles. The molecule has 0 fully saturated rings. The summed E-state index contributed by atoms with van der Waals surface area (Å²) < 4.78 is 17.3. The van der Waals surface area contributed by atoms with Gasteiger partial charge >= 0.3 is 0 Å². The minimum Gasteiger partial charge on any atom is -0.492 e. The summed E-state index contributed by atoms with van der Waals surface area (Å²) in [4.78, 5) is 7.77. The highest BCUT2D eigenvalue weighted by Crippen LogP contribution is 2.45. The molecule has 10 rings (SSSR count). The molecule has 5 aromatic heterocycles. The molecule has 6 heterocycles. The van der Waals surface area contributed by atoms with Crippen LogP contribution in [0.4, 0.5) is 5.69 Å². The molecule has 0 bridgehead atoms. The van der Waals surface area contributed by atoms with Gasteiger partial charge in [-0.1, -0.05) is 166 Å². The van der Waals surface area contributed by atoms with E-state index in [1.54, 1.807) is 45.3 Å². The third-order valence-electron chi connectivity index (χ3n) is 11.5. The molecule has 1 aliphatic rings. The zero-order chi connectivity index (χ0) is 48.2. The van der Waals surface area contributed by atoms with Crippen LogP contribution >= 0.6 is 56.7 Å². The monoisotopic (exact) mass is 1010 g/mol. The lowest BCUT2D eigenvalue weighted by Gasteiger charge is -2.16. The van der Waals surface area contributed by atoms with E-state index in [2.05, 4.69) is 172 Å². The second kappa shape index (κ2) is 27.1. The van der Waals surface area contributed by atoms with Crippen molar-refractivity contribution in [3.8, 4) is 68.8 Å². The highest BCUT2D eigenvalue weighted by Gasteiger charge is 2.19. The Morgan fingerprint density at radius 3 is 1.59 bits per heavy atom. The van der Waals surface area contributed by atoms with E-state index >= 15 is 0 Å². The Kier molecular flexibility index (Phi) is 20.2. The quantitative estimate of drug-likeness (QED) is 0.0821. The largest absolute Gasteiger partial charge is 0.492 e. The molecule has 0 aliphatic carbocycles. The van der Waals surface area contributed by atoms with E-state index < -0.39 is 0 Å². The van der Waals surface area contributed by atoms with E-state index in [-0.39, 0.29) is 0 Å². The Morgan fingerprint density at radius 1 is 0.478 bits per heavy atom. The molecule has 69 heavy (non-hydrogen) atoms. The molecule has 0 unspecified atom stereocenters. The van der Waals surface area contributed by atoms with Crippen LogP contribution in [0.15, 0.2) is 155 Å². The summed E-state index contributed by atoms with van der Waals surface area (Å²) >= 11 is 8.86. The Balaban J connectivity index is 0.000000140. The minimum absolute atomic E-state index is 0.641. The number of hydrogen-bond donors (Lipinski definition) is 1. The molecule has 0 radical (unpaired) electrons. The van der Waals surface area contributed by atoms with Crippen LogP contribution in [-0.4, -0.2) is 19.8 Å². The van der Waals surface area contributed by atoms with Crippen LogP contribution in [0.1, 0.15) is 80.5 Å². The van der Waals surface area contributed by atoms with Gasteiger partial charge in [0.1, 0.15) is 19.0 Å². The van der Waals surface area contributed by atoms with Crippen LogP contribution < -0.4 is 19.9 Å². The Labute approximate surface area is 431 Å². The number of hydrogen-bond acceptors (Lipinski definition) is 9. The van der Waals surface area contributed by atoms with Crippen molar-refractivity contribution in [2.75, 3.05) is 25.6 Å². The number of nitrogen functional groups attached to an aromatic ring is 1. The normalized spacial score (nSPS) is 11.4. The Hall–Kier alpha value is -5.42. The van der Waals surface area contributed by atoms with Crippen LogP contribution in [0.25, 0.3) is 51.5 Å². The van der Waals surface area contributed by atoms with Gasteiger partial charge in [-0.2, -0.15) is 0 Å². The minimum atomic E-state index is 0.641. The van der Waals surface area contributed by atoms with Crippen molar-refractivity contribution >= 4 is 62.4 Å². The van der Waals surface area contributed by atoms with Crippen molar-refractivity contribution < 1.29 is 14.2 Å². The van der Waals surface area contributed by atoms with Crippen LogP contribution in [0.2, 0.25) is 0 Å². The first-order chi connectivity index (χ1) is 33.7. The lowest BCUT2D eigenvalue weighted by molar-refractivity contribution is 0.174. The highest BCUT2D eigenvalue weighted by atomic mass is 32.1. The Bertz CT molecular complexity index is 2820. The van der Waals surface area contributed by atoms with Gasteiger partial charge in [0.05, 0.1) is 16.4 Å². The first kappa shape index (κ1) is 51.4. The standard InChI is InChI=1S/C21H31NOS.C15H12S2.C13H12O2S.C11H10S/c1-3-4-5-6-7-8-9-10-15-23-20-17(2)16-24-21(20)18-11-13-19(22)14-12-18;1-11-4-6-12(7-5-11)13-8-9-15(17-13)14-3-2-10-16-14;1-9-2-4-10(5-3-9)13-12-11(8-16-13)14-6-7-15-12;1-9-4-6-10(7-5-9)11-3-2-8-12-11/h11-14,16H,3-10,15,22H2,1-2H3;2-10H,1H3;2-5,8H,6-7H2,1H3;2-8H,1H3. The van der Waals surface area contributed by atoms with E-state index in [4.69, 9.17) is 19.9 Å².